The molecule has 0 aliphatic carbocycles. The maximum absolute atomic E-state index is 12.8. The van der Waals surface area contributed by atoms with Crippen LogP contribution in [0.2, 0.25) is 4.47 Å². The van der Waals surface area contributed by atoms with Gasteiger partial charge in [0.25, 0.3) is 0 Å². The van der Waals surface area contributed by atoms with E-state index in [2.05, 4.69) is 26.6 Å². The number of fused-ring (bicyclic) bond motifs is 2. The number of rotatable bonds is 2. The highest BCUT2D eigenvalue weighted by Gasteiger charge is 2.35. The van der Waals surface area contributed by atoms with Crippen molar-refractivity contribution in [2.45, 2.75) is 51.2 Å². The number of hydrogen-bond donors (Lipinski definition) is 0. The van der Waals surface area contributed by atoms with Crippen molar-refractivity contribution < 1.29 is 4.79 Å². The second-order valence-corrected chi connectivity index (χ2v) is 8.97. The lowest BCUT2D eigenvalue weighted by Gasteiger charge is -2.47. The number of halogens is 1. The van der Waals surface area contributed by atoms with Crippen LogP contribution in [0.15, 0.2) is 0 Å². The van der Waals surface area contributed by atoms with Gasteiger partial charge < -0.3 is 4.90 Å². The van der Waals surface area contributed by atoms with Crippen LogP contribution in [-0.4, -0.2) is 70.4 Å². The number of piperidine rings is 1. The number of carbonyl (C=O) groups excluding carboxylic acids is 1. The van der Waals surface area contributed by atoms with Crippen molar-refractivity contribution in [2.24, 2.45) is 0 Å². The van der Waals surface area contributed by atoms with Crippen molar-refractivity contribution in [3.8, 4) is 0 Å². The number of amides is 1. The Kier molecular flexibility index (Phi) is 4.82. The van der Waals surface area contributed by atoms with Crippen molar-refractivity contribution in [1.82, 2.24) is 19.7 Å². The first-order chi connectivity index (χ1) is 11.6. The van der Waals surface area contributed by atoms with Crippen molar-refractivity contribution in [3.63, 3.8) is 0 Å². The Bertz CT molecular complexity index is 622. The molecule has 0 N–H and O–H groups in total. The number of aromatic nitrogens is 1. The van der Waals surface area contributed by atoms with Gasteiger partial charge in [-0.25, -0.2) is 4.98 Å². The summed E-state index contributed by atoms with van der Waals surface area (Å²) >= 11 is 7.56. The van der Waals surface area contributed by atoms with Gasteiger partial charge in [0.1, 0.15) is 0 Å². The van der Waals surface area contributed by atoms with Gasteiger partial charge in [-0.3, -0.25) is 14.6 Å². The molecule has 3 aliphatic heterocycles. The molecule has 0 bridgehead atoms. The zero-order chi connectivity index (χ0) is 16.7. The van der Waals surface area contributed by atoms with E-state index in [-0.39, 0.29) is 5.91 Å². The van der Waals surface area contributed by atoms with Gasteiger partial charge >= 0.3 is 0 Å². The van der Waals surface area contributed by atoms with Crippen LogP contribution in [0.25, 0.3) is 0 Å². The van der Waals surface area contributed by atoms with Crippen LogP contribution in [0, 0.1) is 0 Å². The smallest absolute Gasteiger partial charge is 0.236 e. The Hall–Kier alpha value is -0.690. The molecular formula is C17H25ClN4OS. The van der Waals surface area contributed by atoms with E-state index in [0.29, 0.717) is 23.1 Å². The highest BCUT2D eigenvalue weighted by molar-refractivity contribution is 7.15. The summed E-state index contributed by atoms with van der Waals surface area (Å²) in [6.07, 6.45) is 4.74. The number of hydrogen-bond acceptors (Lipinski definition) is 5. The molecule has 0 aromatic carbocycles. The van der Waals surface area contributed by atoms with Crippen molar-refractivity contribution in [2.75, 3.05) is 32.7 Å². The van der Waals surface area contributed by atoms with Crippen LogP contribution in [-0.2, 0) is 17.8 Å². The molecule has 0 spiro atoms. The average molecular weight is 369 g/mol. The molecule has 24 heavy (non-hydrogen) atoms. The normalized spacial score (nSPS) is 28.5. The summed E-state index contributed by atoms with van der Waals surface area (Å²) in [7, 11) is 0. The fourth-order valence-corrected chi connectivity index (χ4v) is 5.64. The van der Waals surface area contributed by atoms with Gasteiger partial charge in [0.2, 0.25) is 5.91 Å². The molecule has 2 fully saturated rings. The molecular weight excluding hydrogens is 344 g/mol. The second kappa shape index (κ2) is 6.90. The van der Waals surface area contributed by atoms with Crippen molar-refractivity contribution >= 4 is 28.8 Å². The first-order valence-corrected chi connectivity index (χ1v) is 10.2. The minimum absolute atomic E-state index is 0.284. The van der Waals surface area contributed by atoms with E-state index in [0.717, 1.165) is 44.8 Å². The summed E-state index contributed by atoms with van der Waals surface area (Å²) in [5, 5.41) is 0. The number of piperazine rings is 1. The molecule has 1 aromatic rings. The maximum Gasteiger partial charge on any atom is 0.236 e. The van der Waals surface area contributed by atoms with Crippen LogP contribution >= 0.6 is 22.9 Å². The molecule has 4 rings (SSSR count). The summed E-state index contributed by atoms with van der Waals surface area (Å²) in [5.74, 6) is 0.284. The van der Waals surface area contributed by atoms with Gasteiger partial charge in [-0.05, 0) is 19.8 Å². The molecule has 1 aromatic heterocycles. The van der Waals surface area contributed by atoms with Crippen molar-refractivity contribution in [1.29, 1.82) is 0 Å². The Morgan fingerprint density at radius 2 is 2.21 bits per heavy atom. The molecule has 7 heteroatoms. The van der Waals surface area contributed by atoms with Gasteiger partial charge in [-0.2, -0.15) is 0 Å². The summed E-state index contributed by atoms with van der Waals surface area (Å²) in [6, 6.07) is 1.25. The molecule has 2 saturated heterocycles. The molecule has 2 atom stereocenters. The van der Waals surface area contributed by atoms with Crippen molar-refractivity contribution in [3.05, 3.63) is 15.0 Å². The van der Waals surface area contributed by atoms with E-state index in [1.807, 2.05) is 0 Å². The predicted octanol–water partition coefficient (Wildman–Crippen LogP) is 2.24. The lowest BCUT2D eigenvalue weighted by atomic mass is 9.94. The van der Waals surface area contributed by atoms with E-state index in [4.69, 9.17) is 11.6 Å². The highest BCUT2D eigenvalue weighted by atomic mass is 35.5. The van der Waals surface area contributed by atoms with E-state index < -0.39 is 0 Å². The Morgan fingerprint density at radius 3 is 3.08 bits per heavy atom. The zero-order valence-corrected chi connectivity index (χ0v) is 15.8. The summed E-state index contributed by atoms with van der Waals surface area (Å²) in [5.41, 5.74) is 1.12. The number of thiazole rings is 1. The minimum Gasteiger partial charge on any atom is -0.339 e. The minimum atomic E-state index is 0.284. The zero-order valence-electron chi connectivity index (χ0n) is 14.2. The molecule has 0 saturated carbocycles. The molecule has 3 aliphatic rings. The van der Waals surface area contributed by atoms with Gasteiger partial charge in [-0.15, -0.1) is 11.3 Å². The van der Waals surface area contributed by atoms with Crippen LogP contribution in [0.1, 0.15) is 36.8 Å². The van der Waals surface area contributed by atoms with E-state index in [1.165, 1.54) is 24.1 Å². The quantitative estimate of drug-likeness (QED) is 0.802. The maximum atomic E-state index is 12.8. The third kappa shape index (κ3) is 3.34. The van der Waals surface area contributed by atoms with Gasteiger partial charge in [0, 0.05) is 56.1 Å². The van der Waals surface area contributed by atoms with Crippen LogP contribution < -0.4 is 0 Å². The van der Waals surface area contributed by atoms with Crippen LogP contribution in [0.5, 0.6) is 0 Å². The predicted molar refractivity (Wildman–Crippen MR) is 96.5 cm³/mol. The first kappa shape index (κ1) is 16.8. The first-order valence-electron chi connectivity index (χ1n) is 9.00. The summed E-state index contributed by atoms with van der Waals surface area (Å²) < 4.78 is 0.621. The lowest BCUT2D eigenvalue weighted by molar-refractivity contribution is -0.136. The summed E-state index contributed by atoms with van der Waals surface area (Å²) in [6.45, 7) is 7.39. The number of nitrogens with zero attached hydrogens (tertiary/aromatic N) is 4. The van der Waals surface area contributed by atoms with Gasteiger partial charge in [0.15, 0.2) is 4.47 Å². The fourth-order valence-electron chi connectivity index (χ4n) is 4.39. The Balaban J connectivity index is 1.34. The largest absolute Gasteiger partial charge is 0.339 e. The lowest BCUT2D eigenvalue weighted by Crippen LogP contribution is -2.59. The molecule has 4 heterocycles. The SMILES string of the molecule is CC1CCC[C@H]2CN(C(=O)CN3CCc4nc(Cl)sc4C3)CCN12. The van der Waals surface area contributed by atoms with Gasteiger partial charge in [0.05, 0.1) is 12.2 Å². The standard InChI is InChI=1S/C17H25ClN4OS/c1-12-3-2-4-13-9-21(7-8-22(12)13)16(23)11-20-6-5-14-15(10-20)24-17(18)19-14/h12-13H,2-11H2,1H3/t12?,13-/m0/s1. The molecule has 1 amide bonds. The van der Waals surface area contributed by atoms with Crippen LogP contribution in [0.4, 0.5) is 0 Å². The Labute approximate surface area is 152 Å². The molecule has 0 radical (unpaired) electrons. The van der Waals surface area contributed by atoms with Crippen LogP contribution in [0.3, 0.4) is 0 Å². The average Bonchev–Trinajstić information content (AvgIpc) is 2.94. The second-order valence-electron chi connectivity index (χ2n) is 7.31. The van der Waals surface area contributed by atoms with E-state index >= 15 is 0 Å². The molecule has 5 nitrogen and oxygen atoms in total. The Morgan fingerprint density at radius 1 is 1.33 bits per heavy atom. The summed E-state index contributed by atoms with van der Waals surface area (Å²) in [4.78, 5) is 25.3. The number of carbonyl (C=O) groups is 1. The van der Waals surface area contributed by atoms with E-state index in [1.54, 1.807) is 11.3 Å². The van der Waals surface area contributed by atoms with E-state index in [9.17, 15) is 4.79 Å². The third-order valence-electron chi connectivity index (χ3n) is 5.75. The molecule has 132 valence electrons. The highest BCUT2D eigenvalue weighted by Crippen LogP contribution is 2.28. The fraction of sp³-hybridized carbons (Fsp3) is 0.765. The molecule has 1 unspecified atom stereocenters. The third-order valence-corrected chi connectivity index (χ3v) is 6.94. The monoisotopic (exact) mass is 368 g/mol. The van der Waals surface area contributed by atoms with Gasteiger partial charge in [-0.1, -0.05) is 18.0 Å². The topological polar surface area (TPSA) is 39.7 Å².